The molecular formula is C18H30IN5O. The molecule has 0 unspecified atom stereocenters. The normalized spacial score (nSPS) is 18.0. The van der Waals surface area contributed by atoms with Gasteiger partial charge < -0.3 is 15.5 Å². The fraction of sp³-hybridized carbons (Fsp3) is 0.611. The molecule has 0 spiro atoms. The third kappa shape index (κ3) is 4.83. The fourth-order valence-corrected chi connectivity index (χ4v) is 2.80. The average molecular weight is 459 g/mol. The van der Waals surface area contributed by atoms with Crippen LogP contribution in [-0.4, -0.2) is 47.4 Å². The maximum atomic E-state index is 12.0. The summed E-state index contributed by atoms with van der Waals surface area (Å²) < 4.78 is 0. The lowest BCUT2D eigenvalue weighted by atomic mass is 9.65. The highest BCUT2D eigenvalue weighted by Gasteiger charge is 2.53. The first kappa shape index (κ1) is 21.7. The summed E-state index contributed by atoms with van der Waals surface area (Å²) in [6.45, 7) is 12.4. The van der Waals surface area contributed by atoms with Gasteiger partial charge in [0.05, 0.1) is 0 Å². The number of guanidine groups is 1. The Kier molecular flexibility index (Phi) is 7.22. The summed E-state index contributed by atoms with van der Waals surface area (Å²) in [5.41, 5.74) is 1.18. The second kappa shape index (κ2) is 8.33. The maximum Gasteiger partial charge on any atom is 0.227 e. The summed E-state index contributed by atoms with van der Waals surface area (Å²) in [6, 6.07) is 5.57. The molecule has 2 heterocycles. The van der Waals surface area contributed by atoms with Crippen LogP contribution in [0.2, 0.25) is 0 Å². The lowest BCUT2D eigenvalue weighted by molar-refractivity contribution is -0.116. The van der Waals surface area contributed by atoms with Gasteiger partial charge in [0.15, 0.2) is 5.96 Å². The van der Waals surface area contributed by atoms with Crippen LogP contribution < -0.4 is 10.6 Å². The van der Waals surface area contributed by atoms with Crippen LogP contribution in [-0.2, 0) is 4.79 Å². The molecule has 2 rings (SSSR count). The monoisotopic (exact) mass is 459 g/mol. The third-order valence-corrected chi connectivity index (χ3v) is 5.14. The van der Waals surface area contributed by atoms with Gasteiger partial charge in [0.2, 0.25) is 5.91 Å². The van der Waals surface area contributed by atoms with Crippen LogP contribution >= 0.6 is 24.0 Å². The molecule has 25 heavy (non-hydrogen) atoms. The van der Waals surface area contributed by atoms with Crippen molar-refractivity contribution in [2.45, 2.75) is 46.6 Å². The van der Waals surface area contributed by atoms with Crippen molar-refractivity contribution in [1.29, 1.82) is 0 Å². The molecule has 0 aliphatic carbocycles. The van der Waals surface area contributed by atoms with Gasteiger partial charge in [-0.05, 0) is 32.9 Å². The van der Waals surface area contributed by atoms with Crippen molar-refractivity contribution in [1.82, 2.24) is 15.2 Å². The number of halogens is 1. The van der Waals surface area contributed by atoms with E-state index in [2.05, 4.69) is 53.2 Å². The van der Waals surface area contributed by atoms with Crippen molar-refractivity contribution >= 4 is 41.7 Å². The Bertz CT molecular complexity index is 642. The van der Waals surface area contributed by atoms with E-state index in [4.69, 9.17) is 0 Å². The Morgan fingerprint density at radius 1 is 1.32 bits per heavy atom. The van der Waals surface area contributed by atoms with Gasteiger partial charge in [-0.3, -0.25) is 9.79 Å². The van der Waals surface area contributed by atoms with Gasteiger partial charge in [-0.15, -0.1) is 24.0 Å². The second-order valence-corrected chi connectivity index (χ2v) is 7.47. The molecule has 1 amide bonds. The van der Waals surface area contributed by atoms with Gasteiger partial charge in [-0.1, -0.05) is 19.9 Å². The minimum atomic E-state index is -0.0562. The number of hydrogen-bond acceptors (Lipinski definition) is 3. The zero-order valence-corrected chi connectivity index (χ0v) is 18.3. The Balaban J connectivity index is 0.00000312. The van der Waals surface area contributed by atoms with E-state index in [0.717, 1.165) is 18.2 Å². The Morgan fingerprint density at radius 2 is 2.00 bits per heavy atom. The first-order chi connectivity index (χ1) is 11.2. The van der Waals surface area contributed by atoms with Gasteiger partial charge in [0.1, 0.15) is 5.82 Å². The lowest BCUT2D eigenvalue weighted by Crippen LogP contribution is -2.72. The van der Waals surface area contributed by atoms with E-state index in [1.165, 1.54) is 0 Å². The van der Waals surface area contributed by atoms with E-state index in [9.17, 15) is 4.79 Å². The second-order valence-electron chi connectivity index (χ2n) is 7.47. The minimum Gasteiger partial charge on any atom is -0.356 e. The Morgan fingerprint density at radius 3 is 2.52 bits per heavy atom. The van der Waals surface area contributed by atoms with E-state index in [1.54, 1.807) is 13.1 Å². The van der Waals surface area contributed by atoms with E-state index in [-0.39, 0.29) is 40.8 Å². The number of anilines is 1. The van der Waals surface area contributed by atoms with E-state index in [0.29, 0.717) is 18.8 Å². The molecule has 1 aromatic heterocycles. The number of carbonyl (C=O) groups excluding carboxylic acids is 1. The highest BCUT2D eigenvalue weighted by atomic mass is 127. The number of carbonyl (C=O) groups is 1. The molecule has 0 saturated carbocycles. The van der Waals surface area contributed by atoms with Crippen LogP contribution in [0.4, 0.5) is 5.82 Å². The quantitative estimate of drug-likeness (QED) is 0.413. The Labute approximate surface area is 167 Å². The number of aromatic nitrogens is 1. The molecule has 0 bridgehead atoms. The van der Waals surface area contributed by atoms with E-state index >= 15 is 0 Å². The van der Waals surface area contributed by atoms with Crippen LogP contribution in [0.15, 0.2) is 23.2 Å². The summed E-state index contributed by atoms with van der Waals surface area (Å²) in [5, 5.41) is 6.11. The molecule has 7 heteroatoms. The fourth-order valence-electron chi connectivity index (χ4n) is 2.80. The maximum absolute atomic E-state index is 12.0. The first-order valence-corrected chi connectivity index (χ1v) is 8.39. The summed E-state index contributed by atoms with van der Waals surface area (Å²) in [6.07, 6.45) is 0.367. The van der Waals surface area contributed by atoms with Crippen LogP contribution in [0.3, 0.4) is 0 Å². The zero-order chi connectivity index (χ0) is 18.0. The molecule has 1 fully saturated rings. The zero-order valence-electron chi connectivity index (χ0n) is 16.0. The predicted octanol–water partition coefficient (Wildman–Crippen LogP) is 3.03. The highest BCUT2D eigenvalue weighted by molar-refractivity contribution is 14.0. The number of hydrogen-bond donors (Lipinski definition) is 2. The number of amides is 1. The van der Waals surface area contributed by atoms with Gasteiger partial charge in [-0.25, -0.2) is 4.98 Å². The van der Waals surface area contributed by atoms with Crippen molar-refractivity contribution in [2.75, 3.05) is 25.5 Å². The van der Waals surface area contributed by atoms with Gasteiger partial charge in [-0.2, -0.15) is 0 Å². The van der Waals surface area contributed by atoms with Crippen molar-refractivity contribution < 1.29 is 4.79 Å². The van der Waals surface area contributed by atoms with Gasteiger partial charge in [0, 0.05) is 43.2 Å². The largest absolute Gasteiger partial charge is 0.356 e. The number of nitrogens with zero attached hydrogens (tertiary/aromatic N) is 3. The number of nitrogens with one attached hydrogen (secondary N) is 2. The van der Waals surface area contributed by atoms with E-state index in [1.807, 2.05) is 19.1 Å². The molecule has 1 saturated heterocycles. The predicted molar refractivity (Wildman–Crippen MR) is 114 cm³/mol. The number of rotatable bonds is 4. The van der Waals surface area contributed by atoms with Crippen LogP contribution in [0.1, 0.15) is 39.8 Å². The highest BCUT2D eigenvalue weighted by Crippen LogP contribution is 2.46. The molecular weight excluding hydrogens is 429 g/mol. The minimum absolute atomic E-state index is 0. The smallest absolute Gasteiger partial charge is 0.227 e. The summed E-state index contributed by atoms with van der Waals surface area (Å²) in [5.74, 6) is 1.38. The van der Waals surface area contributed by atoms with Gasteiger partial charge >= 0.3 is 0 Å². The van der Waals surface area contributed by atoms with Gasteiger partial charge in [0.25, 0.3) is 0 Å². The summed E-state index contributed by atoms with van der Waals surface area (Å²) >= 11 is 0. The van der Waals surface area contributed by atoms with Crippen LogP contribution in [0, 0.1) is 12.3 Å². The van der Waals surface area contributed by atoms with Crippen LogP contribution in [0.5, 0.6) is 0 Å². The van der Waals surface area contributed by atoms with E-state index < -0.39 is 0 Å². The number of aliphatic imine (C=N–C) groups is 1. The Hall–Kier alpha value is -1.38. The van der Waals surface area contributed by atoms with Crippen molar-refractivity contribution in [2.24, 2.45) is 10.4 Å². The first-order valence-electron chi connectivity index (χ1n) is 8.39. The average Bonchev–Trinajstić information content (AvgIpc) is 2.50. The van der Waals surface area contributed by atoms with Crippen molar-refractivity contribution in [3.8, 4) is 0 Å². The van der Waals surface area contributed by atoms with Crippen LogP contribution in [0.25, 0.3) is 0 Å². The standard InChI is InChI=1S/C18H29N5O.HI/c1-13-8-7-9-14(21-13)22-15(24)10-11-20-16(19-6)23-12-17(2,3)18(23,4)5;/h7-9H,10-12H2,1-6H3,(H,19,20)(H,21,22,24);1H. The summed E-state index contributed by atoms with van der Waals surface area (Å²) in [7, 11) is 1.78. The van der Waals surface area contributed by atoms with Crippen molar-refractivity contribution in [3.63, 3.8) is 0 Å². The SMILES string of the molecule is CN=C(NCCC(=O)Nc1cccc(C)n1)N1CC(C)(C)C1(C)C.I. The molecule has 0 radical (unpaired) electrons. The van der Waals surface area contributed by atoms with Crippen molar-refractivity contribution in [3.05, 3.63) is 23.9 Å². The summed E-state index contributed by atoms with van der Waals surface area (Å²) in [4.78, 5) is 22.9. The molecule has 1 aromatic rings. The number of pyridine rings is 1. The molecule has 1 aliphatic rings. The lowest BCUT2D eigenvalue weighted by Gasteiger charge is -2.62. The number of aryl methyl sites for hydroxylation is 1. The molecule has 0 atom stereocenters. The topological polar surface area (TPSA) is 69.6 Å². The molecule has 1 aliphatic heterocycles. The third-order valence-electron chi connectivity index (χ3n) is 5.14. The molecule has 2 N–H and O–H groups in total. The molecule has 140 valence electrons. The number of likely N-dealkylation sites (tertiary alicyclic amines) is 1. The molecule has 0 aromatic carbocycles. The molecule has 6 nitrogen and oxygen atoms in total.